The fourth-order valence-corrected chi connectivity index (χ4v) is 3.13. The number of nitrogens with one attached hydrogen (secondary N) is 1. The number of ether oxygens (including phenoxy) is 2. The van der Waals surface area contributed by atoms with Crippen LogP contribution in [-0.4, -0.2) is 34.9 Å². The lowest BCUT2D eigenvalue weighted by molar-refractivity contribution is -0.127. The van der Waals surface area contributed by atoms with Crippen molar-refractivity contribution < 1.29 is 14.3 Å². The fraction of sp³-hybridized carbons (Fsp3) is 0.320. The standard InChI is InChI=1S/C25H29N3O4/c1-5-31-21-10-7-20(8-11-21)23-12-13-24(29)28(27-23)15-14-26-25(30)19(4)32-22-9-6-17(2)18(3)16-22/h6-13,16,19H,5,14-15H2,1-4H3,(H,26,30). The second-order valence-electron chi connectivity index (χ2n) is 7.53. The molecule has 1 aromatic heterocycles. The van der Waals surface area contributed by atoms with Crippen molar-refractivity contribution in [3.63, 3.8) is 0 Å². The van der Waals surface area contributed by atoms with Crippen molar-refractivity contribution in [3.8, 4) is 22.8 Å². The molecule has 0 aliphatic carbocycles. The SMILES string of the molecule is CCOc1ccc(-c2ccc(=O)n(CCNC(=O)C(C)Oc3ccc(C)c(C)c3)n2)cc1. The van der Waals surface area contributed by atoms with Gasteiger partial charge < -0.3 is 14.8 Å². The number of aryl methyl sites for hydroxylation is 2. The van der Waals surface area contributed by atoms with Crippen molar-refractivity contribution >= 4 is 5.91 Å². The van der Waals surface area contributed by atoms with E-state index in [1.807, 2.05) is 63.2 Å². The molecule has 3 aromatic rings. The van der Waals surface area contributed by atoms with Crippen LogP contribution in [-0.2, 0) is 11.3 Å². The third-order valence-electron chi connectivity index (χ3n) is 5.11. The van der Waals surface area contributed by atoms with Crippen LogP contribution in [0.25, 0.3) is 11.3 Å². The van der Waals surface area contributed by atoms with Gasteiger partial charge in [0.2, 0.25) is 0 Å². The van der Waals surface area contributed by atoms with Gasteiger partial charge in [-0.2, -0.15) is 5.10 Å². The molecule has 0 saturated carbocycles. The van der Waals surface area contributed by atoms with E-state index >= 15 is 0 Å². The summed E-state index contributed by atoms with van der Waals surface area (Å²) in [7, 11) is 0. The molecular formula is C25H29N3O4. The molecule has 32 heavy (non-hydrogen) atoms. The molecule has 7 heteroatoms. The largest absolute Gasteiger partial charge is 0.494 e. The minimum absolute atomic E-state index is 0.228. The molecule has 1 unspecified atom stereocenters. The van der Waals surface area contributed by atoms with Gasteiger partial charge in [0.1, 0.15) is 11.5 Å². The number of hydrogen-bond acceptors (Lipinski definition) is 5. The maximum atomic E-state index is 12.4. The highest BCUT2D eigenvalue weighted by Crippen LogP contribution is 2.20. The zero-order valence-corrected chi connectivity index (χ0v) is 18.9. The number of benzene rings is 2. The van der Waals surface area contributed by atoms with E-state index in [0.717, 1.165) is 16.9 Å². The Morgan fingerprint density at radius 3 is 2.44 bits per heavy atom. The van der Waals surface area contributed by atoms with Crippen LogP contribution >= 0.6 is 0 Å². The summed E-state index contributed by atoms with van der Waals surface area (Å²) in [4.78, 5) is 24.6. The molecule has 1 amide bonds. The van der Waals surface area contributed by atoms with Crippen LogP contribution in [0, 0.1) is 13.8 Å². The van der Waals surface area contributed by atoms with Crippen molar-refractivity contribution in [1.29, 1.82) is 0 Å². The molecule has 0 radical (unpaired) electrons. The molecule has 0 bridgehead atoms. The minimum atomic E-state index is -0.656. The van der Waals surface area contributed by atoms with Gasteiger partial charge in [0.15, 0.2) is 6.10 Å². The number of aromatic nitrogens is 2. The predicted octanol–water partition coefficient (Wildman–Crippen LogP) is 3.51. The second kappa shape index (κ2) is 10.6. The Morgan fingerprint density at radius 1 is 1.03 bits per heavy atom. The molecule has 0 saturated heterocycles. The first-order valence-electron chi connectivity index (χ1n) is 10.7. The zero-order chi connectivity index (χ0) is 23.1. The molecule has 0 aliphatic rings. The number of amides is 1. The van der Waals surface area contributed by atoms with E-state index in [4.69, 9.17) is 9.47 Å². The van der Waals surface area contributed by atoms with Crippen LogP contribution in [0.5, 0.6) is 11.5 Å². The summed E-state index contributed by atoms with van der Waals surface area (Å²) in [6.45, 7) is 8.77. The fourth-order valence-electron chi connectivity index (χ4n) is 3.13. The Balaban J connectivity index is 1.57. The number of nitrogens with zero attached hydrogens (tertiary/aromatic N) is 2. The van der Waals surface area contributed by atoms with Gasteiger partial charge in [0, 0.05) is 18.2 Å². The Kier molecular flexibility index (Phi) is 7.65. The maximum Gasteiger partial charge on any atom is 0.266 e. The molecule has 1 atom stereocenters. The van der Waals surface area contributed by atoms with Crippen molar-refractivity contribution in [1.82, 2.24) is 15.1 Å². The quantitative estimate of drug-likeness (QED) is 0.556. The minimum Gasteiger partial charge on any atom is -0.494 e. The van der Waals surface area contributed by atoms with Gasteiger partial charge in [-0.25, -0.2) is 4.68 Å². The Bertz CT molecular complexity index is 1120. The van der Waals surface area contributed by atoms with Crippen molar-refractivity contribution in [2.24, 2.45) is 0 Å². The van der Waals surface area contributed by atoms with Gasteiger partial charge in [-0.05, 0) is 81.3 Å². The Hall–Kier alpha value is -3.61. The predicted molar refractivity (Wildman–Crippen MR) is 124 cm³/mol. The molecular weight excluding hydrogens is 406 g/mol. The van der Waals surface area contributed by atoms with Crippen LogP contribution in [0.4, 0.5) is 0 Å². The topological polar surface area (TPSA) is 82.5 Å². The van der Waals surface area contributed by atoms with E-state index in [1.165, 1.54) is 16.3 Å². The summed E-state index contributed by atoms with van der Waals surface area (Å²) < 4.78 is 12.5. The average molecular weight is 436 g/mol. The smallest absolute Gasteiger partial charge is 0.266 e. The lowest BCUT2D eigenvalue weighted by atomic mass is 10.1. The van der Waals surface area contributed by atoms with Gasteiger partial charge in [0.25, 0.3) is 11.5 Å². The van der Waals surface area contributed by atoms with E-state index in [1.54, 1.807) is 13.0 Å². The molecule has 2 aromatic carbocycles. The Morgan fingerprint density at radius 2 is 1.75 bits per heavy atom. The molecule has 1 heterocycles. The maximum absolute atomic E-state index is 12.4. The van der Waals surface area contributed by atoms with E-state index in [2.05, 4.69) is 10.4 Å². The van der Waals surface area contributed by atoms with E-state index < -0.39 is 6.10 Å². The Labute approximate surface area is 188 Å². The first-order chi connectivity index (χ1) is 15.4. The highest BCUT2D eigenvalue weighted by Gasteiger charge is 2.14. The van der Waals surface area contributed by atoms with E-state index in [-0.39, 0.29) is 24.6 Å². The first-order valence-corrected chi connectivity index (χ1v) is 10.7. The molecule has 0 fully saturated rings. The third kappa shape index (κ3) is 5.97. The van der Waals surface area contributed by atoms with Crippen LogP contribution in [0.15, 0.2) is 59.4 Å². The van der Waals surface area contributed by atoms with Crippen LogP contribution in [0.2, 0.25) is 0 Å². The highest BCUT2D eigenvalue weighted by atomic mass is 16.5. The summed E-state index contributed by atoms with van der Waals surface area (Å²) in [5.41, 5.74) is 3.59. The summed E-state index contributed by atoms with van der Waals surface area (Å²) in [5, 5.41) is 7.23. The normalized spacial score (nSPS) is 11.6. The molecule has 3 rings (SSSR count). The second-order valence-corrected chi connectivity index (χ2v) is 7.53. The average Bonchev–Trinajstić information content (AvgIpc) is 2.78. The summed E-state index contributed by atoms with van der Waals surface area (Å²) in [6.07, 6.45) is -0.656. The number of rotatable bonds is 9. The van der Waals surface area contributed by atoms with Crippen molar-refractivity contribution in [2.75, 3.05) is 13.2 Å². The number of carbonyl (C=O) groups is 1. The number of carbonyl (C=O) groups excluding carboxylic acids is 1. The lowest BCUT2D eigenvalue weighted by Gasteiger charge is -2.16. The molecule has 1 N–H and O–H groups in total. The monoisotopic (exact) mass is 435 g/mol. The molecule has 0 aliphatic heterocycles. The summed E-state index contributed by atoms with van der Waals surface area (Å²) >= 11 is 0. The van der Waals surface area contributed by atoms with Crippen molar-refractivity contribution in [2.45, 2.75) is 40.3 Å². The van der Waals surface area contributed by atoms with Crippen LogP contribution < -0.4 is 20.3 Å². The molecule has 7 nitrogen and oxygen atoms in total. The highest BCUT2D eigenvalue weighted by molar-refractivity contribution is 5.80. The molecule has 0 spiro atoms. The van der Waals surface area contributed by atoms with E-state index in [0.29, 0.717) is 18.1 Å². The summed E-state index contributed by atoms with van der Waals surface area (Å²) in [6, 6.07) is 16.4. The third-order valence-corrected chi connectivity index (χ3v) is 5.11. The van der Waals surface area contributed by atoms with Crippen LogP contribution in [0.3, 0.4) is 0 Å². The van der Waals surface area contributed by atoms with Gasteiger partial charge in [-0.1, -0.05) is 6.07 Å². The lowest BCUT2D eigenvalue weighted by Crippen LogP contribution is -2.39. The van der Waals surface area contributed by atoms with Crippen molar-refractivity contribution in [3.05, 3.63) is 76.1 Å². The zero-order valence-electron chi connectivity index (χ0n) is 18.9. The summed E-state index contributed by atoms with van der Waals surface area (Å²) in [5.74, 6) is 1.18. The van der Waals surface area contributed by atoms with Gasteiger partial charge in [-0.15, -0.1) is 0 Å². The van der Waals surface area contributed by atoms with E-state index in [9.17, 15) is 9.59 Å². The number of hydrogen-bond donors (Lipinski definition) is 1. The molecule has 168 valence electrons. The van der Waals surface area contributed by atoms with Gasteiger partial charge in [-0.3, -0.25) is 9.59 Å². The first kappa shape index (κ1) is 23.1. The van der Waals surface area contributed by atoms with Gasteiger partial charge >= 0.3 is 0 Å². The van der Waals surface area contributed by atoms with Gasteiger partial charge in [0.05, 0.1) is 18.8 Å². The van der Waals surface area contributed by atoms with Crippen LogP contribution in [0.1, 0.15) is 25.0 Å².